The molecule has 22 heavy (non-hydrogen) atoms. The topological polar surface area (TPSA) is 76.7 Å². The smallest absolute Gasteiger partial charge is 0.258 e. The Morgan fingerprint density at radius 1 is 1.32 bits per heavy atom. The highest BCUT2D eigenvalue weighted by atomic mass is 16.5. The fourth-order valence-electron chi connectivity index (χ4n) is 1.86. The molecule has 1 aliphatic rings. The summed E-state index contributed by atoms with van der Waals surface area (Å²) in [5.41, 5.74) is 0.686. The zero-order valence-corrected chi connectivity index (χ0v) is 12.8. The van der Waals surface area contributed by atoms with E-state index < -0.39 is 0 Å². The molecule has 0 radical (unpaired) electrons. The van der Waals surface area contributed by atoms with Crippen molar-refractivity contribution >= 4 is 17.5 Å². The lowest BCUT2D eigenvalue weighted by molar-refractivity contribution is -0.123. The van der Waals surface area contributed by atoms with E-state index in [1.165, 1.54) is 0 Å². The lowest BCUT2D eigenvalue weighted by Gasteiger charge is -2.09. The Labute approximate surface area is 130 Å². The summed E-state index contributed by atoms with van der Waals surface area (Å²) >= 11 is 0. The third-order valence-corrected chi connectivity index (χ3v) is 3.19. The summed E-state index contributed by atoms with van der Waals surface area (Å²) in [7, 11) is 0. The van der Waals surface area contributed by atoms with Crippen molar-refractivity contribution in [1.82, 2.24) is 5.32 Å². The maximum atomic E-state index is 11.7. The van der Waals surface area contributed by atoms with Gasteiger partial charge in [0.15, 0.2) is 6.61 Å². The second kappa shape index (κ2) is 8.38. The van der Waals surface area contributed by atoms with Gasteiger partial charge in [-0.05, 0) is 31.9 Å². The van der Waals surface area contributed by atoms with Crippen molar-refractivity contribution in [2.24, 2.45) is 5.92 Å². The molecule has 0 atom stereocenters. The largest absolute Gasteiger partial charge is 0.484 e. The minimum Gasteiger partial charge on any atom is -0.484 e. The van der Waals surface area contributed by atoms with Gasteiger partial charge in [0.25, 0.3) is 5.91 Å². The highest BCUT2D eigenvalue weighted by Crippen LogP contribution is 2.30. The summed E-state index contributed by atoms with van der Waals surface area (Å²) in [5.74, 6) is 0.548. The quantitative estimate of drug-likeness (QED) is 0.679. The predicted molar refractivity (Wildman–Crippen MR) is 82.8 cm³/mol. The van der Waals surface area contributed by atoms with Crippen LogP contribution in [-0.2, 0) is 14.3 Å². The molecule has 0 spiro atoms. The number of hydrogen-bond acceptors (Lipinski definition) is 4. The van der Waals surface area contributed by atoms with Crippen molar-refractivity contribution in [2.75, 3.05) is 31.7 Å². The SMILES string of the molecule is CCOCCNC(=O)COc1cccc(NC(=O)C2CC2)c1. The van der Waals surface area contributed by atoms with Crippen LogP contribution in [0.25, 0.3) is 0 Å². The van der Waals surface area contributed by atoms with E-state index in [0.29, 0.717) is 31.2 Å². The average Bonchev–Trinajstić information content (AvgIpc) is 3.35. The maximum absolute atomic E-state index is 11.7. The average molecular weight is 306 g/mol. The van der Waals surface area contributed by atoms with Gasteiger partial charge in [0, 0.05) is 30.8 Å². The third kappa shape index (κ3) is 5.73. The van der Waals surface area contributed by atoms with Gasteiger partial charge in [-0.2, -0.15) is 0 Å². The van der Waals surface area contributed by atoms with Gasteiger partial charge >= 0.3 is 0 Å². The van der Waals surface area contributed by atoms with E-state index in [1.54, 1.807) is 24.3 Å². The van der Waals surface area contributed by atoms with Gasteiger partial charge in [0.05, 0.1) is 6.61 Å². The van der Waals surface area contributed by atoms with E-state index in [2.05, 4.69) is 10.6 Å². The molecule has 1 aromatic carbocycles. The second-order valence-electron chi connectivity index (χ2n) is 5.13. The molecular weight excluding hydrogens is 284 g/mol. The fraction of sp³-hybridized carbons (Fsp3) is 0.500. The van der Waals surface area contributed by atoms with Crippen LogP contribution < -0.4 is 15.4 Å². The van der Waals surface area contributed by atoms with Crippen LogP contribution in [0.2, 0.25) is 0 Å². The highest BCUT2D eigenvalue weighted by molar-refractivity contribution is 5.94. The molecule has 0 aromatic heterocycles. The first-order valence-corrected chi connectivity index (χ1v) is 7.57. The van der Waals surface area contributed by atoms with Crippen LogP contribution in [0, 0.1) is 5.92 Å². The predicted octanol–water partition coefficient (Wildman–Crippen LogP) is 1.57. The number of benzene rings is 1. The monoisotopic (exact) mass is 306 g/mol. The Morgan fingerprint density at radius 3 is 2.86 bits per heavy atom. The van der Waals surface area contributed by atoms with Crippen molar-refractivity contribution in [1.29, 1.82) is 0 Å². The molecule has 6 nitrogen and oxygen atoms in total. The summed E-state index contributed by atoms with van der Waals surface area (Å²) in [6.07, 6.45) is 1.92. The van der Waals surface area contributed by atoms with Gasteiger partial charge in [-0.15, -0.1) is 0 Å². The summed E-state index contributed by atoms with van der Waals surface area (Å²) in [4.78, 5) is 23.3. The normalized spacial score (nSPS) is 13.5. The molecule has 0 saturated heterocycles. The van der Waals surface area contributed by atoms with Gasteiger partial charge in [-0.1, -0.05) is 6.07 Å². The Kier molecular flexibility index (Phi) is 6.21. The summed E-state index contributed by atoms with van der Waals surface area (Å²) in [6, 6.07) is 7.05. The molecule has 0 heterocycles. The number of anilines is 1. The molecule has 2 N–H and O–H groups in total. The molecular formula is C16H22N2O4. The Bertz CT molecular complexity index is 515. The molecule has 1 saturated carbocycles. The zero-order valence-electron chi connectivity index (χ0n) is 12.8. The minimum absolute atomic E-state index is 0.0471. The van der Waals surface area contributed by atoms with E-state index in [1.807, 2.05) is 6.92 Å². The van der Waals surface area contributed by atoms with Crippen LogP contribution in [0.3, 0.4) is 0 Å². The highest BCUT2D eigenvalue weighted by Gasteiger charge is 2.29. The number of rotatable bonds is 9. The van der Waals surface area contributed by atoms with E-state index >= 15 is 0 Å². The summed E-state index contributed by atoms with van der Waals surface area (Å²) < 4.78 is 10.5. The molecule has 1 fully saturated rings. The lowest BCUT2D eigenvalue weighted by Crippen LogP contribution is -2.31. The summed E-state index contributed by atoms with van der Waals surface area (Å²) in [5, 5.41) is 5.54. The van der Waals surface area contributed by atoms with E-state index in [-0.39, 0.29) is 24.3 Å². The van der Waals surface area contributed by atoms with Crippen LogP contribution in [-0.4, -0.2) is 38.2 Å². The molecule has 0 aliphatic heterocycles. The first-order valence-electron chi connectivity index (χ1n) is 7.57. The number of carbonyl (C=O) groups excluding carboxylic acids is 2. The molecule has 120 valence electrons. The lowest BCUT2D eigenvalue weighted by atomic mass is 10.3. The van der Waals surface area contributed by atoms with Crippen LogP contribution in [0.5, 0.6) is 5.75 Å². The second-order valence-corrected chi connectivity index (χ2v) is 5.13. The van der Waals surface area contributed by atoms with E-state index in [0.717, 1.165) is 12.8 Å². The molecule has 1 aliphatic carbocycles. The van der Waals surface area contributed by atoms with Crippen LogP contribution in [0.1, 0.15) is 19.8 Å². The van der Waals surface area contributed by atoms with Crippen molar-refractivity contribution in [3.8, 4) is 5.75 Å². The van der Waals surface area contributed by atoms with Gasteiger partial charge in [0.2, 0.25) is 5.91 Å². The van der Waals surface area contributed by atoms with Crippen molar-refractivity contribution in [2.45, 2.75) is 19.8 Å². The molecule has 6 heteroatoms. The Morgan fingerprint density at radius 2 is 2.14 bits per heavy atom. The Balaban J connectivity index is 1.72. The fourth-order valence-corrected chi connectivity index (χ4v) is 1.86. The molecule has 0 unspecified atom stereocenters. The number of nitrogens with one attached hydrogen (secondary N) is 2. The number of amides is 2. The number of hydrogen-bond donors (Lipinski definition) is 2. The van der Waals surface area contributed by atoms with Gasteiger partial charge in [-0.3, -0.25) is 9.59 Å². The van der Waals surface area contributed by atoms with Gasteiger partial charge < -0.3 is 20.1 Å². The van der Waals surface area contributed by atoms with Crippen molar-refractivity contribution in [3.05, 3.63) is 24.3 Å². The first-order chi connectivity index (χ1) is 10.7. The summed E-state index contributed by atoms with van der Waals surface area (Å²) in [6.45, 7) is 3.43. The molecule has 2 amide bonds. The van der Waals surface area contributed by atoms with Gasteiger partial charge in [0.1, 0.15) is 5.75 Å². The first kappa shape index (κ1) is 16.3. The van der Waals surface area contributed by atoms with Crippen LogP contribution >= 0.6 is 0 Å². The Hall–Kier alpha value is -2.08. The zero-order chi connectivity index (χ0) is 15.8. The third-order valence-electron chi connectivity index (χ3n) is 3.19. The van der Waals surface area contributed by atoms with E-state index in [4.69, 9.17) is 9.47 Å². The standard InChI is InChI=1S/C16H22N2O4/c1-2-21-9-8-17-15(19)11-22-14-5-3-4-13(10-14)18-16(20)12-6-7-12/h3-5,10,12H,2,6-9,11H2,1H3,(H,17,19)(H,18,20). The van der Waals surface area contributed by atoms with E-state index in [9.17, 15) is 9.59 Å². The van der Waals surface area contributed by atoms with Crippen molar-refractivity contribution < 1.29 is 19.1 Å². The number of carbonyl (C=O) groups is 2. The number of ether oxygens (including phenoxy) is 2. The maximum Gasteiger partial charge on any atom is 0.258 e. The minimum atomic E-state index is -0.202. The van der Waals surface area contributed by atoms with Crippen LogP contribution in [0.4, 0.5) is 5.69 Å². The van der Waals surface area contributed by atoms with Crippen LogP contribution in [0.15, 0.2) is 24.3 Å². The molecule has 0 bridgehead atoms. The van der Waals surface area contributed by atoms with Gasteiger partial charge in [-0.25, -0.2) is 0 Å². The molecule has 1 aromatic rings. The van der Waals surface area contributed by atoms with Crippen molar-refractivity contribution in [3.63, 3.8) is 0 Å². The molecule has 2 rings (SSSR count).